The van der Waals surface area contributed by atoms with Crippen molar-refractivity contribution in [1.82, 2.24) is 0 Å². The fourth-order valence-corrected chi connectivity index (χ4v) is 15.7. The van der Waals surface area contributed by atoms with E-state index in [1.807, 2.05) is 0 Å². The number of aliphatic hydroxyl groups is 1. The molecule has 0 rings (SSSR count). The highest BCUT2D eigenvalue weighted by Crippen LogP contribution is 2.45. The number of phosphoric ester groups is 2. The fraction of sp³-hybridized carbons (Fsp3) is 0.956. The largest absolute Gasteiger partial charge is 0.472 e. The third kappa shape index (κ3) is 82.4. The normalized spacial score (nSPS) is 13.9. The van der Waals surface area contributed by atoms with E-state index in [0.29, 0.717) is 25.7 Å². The highest BCUT2D eigenvalue weighted by Gasteiger charge is 2.31. The second kappa shape index (κ2) is 82.6. The molecule has 6 atom stereocenters. The van der Waals surface area contributed by atoms with Crippen LogP contribution in [0.2, 0.25) is 0 Å². The topological polar surface area (TPSA) is 237 Å². The molecule has 17 nitrogen and oxygen atoms in total. The minimum atomic E-state index is -4.97. The van der Waals surface area contributed by atoms with Crippen LogP contribution >= 0.6 is 15.6 Å². The Morgan fingerprint density at radius 3 is 0.651 bits per heavy atom. The molecule has 3 unspecified atom stereocenters. The van der Waals surface area contributed by atoms with Crippen molar-refractivity contribution in [3.05, 3.63) is 0 Å². The number of rotatable bonds is 90. The van der Waals surface area contributed by atoms with E-state index in [2.05, 4.69) is 34.6 Å². The number of carbonyl (C=O) groups is 4. The summed E-state index contributed by atoms with van der Waals surface area (Å²) >= 11 is 0. The molecule has 0 aromatic carbocycles. The van der Waals surface area contributed by atoms with E-state index in [-0.39, 0.29) is 25.7 Å². The second-order valence-electron chi connectivity index (χ2n) is 32.6. The second-order valence-corrected chi connectivity index (χ2v) is 35.5. The summed E-state index contributed by atoms with van der Waals surface area (Å²) in [6.07, 6.45) is 77.9. The van der Waals surface area contributed by atoms with Gasteiger partial charge in [0.15, 0.2) is 12.2 Å². The molecule has 0 heterocycles. The number of ether oxygens (including phenoxy) is 4. The molecular formula is C90H176O17P2. The van der Waals surface area contributed by atoms with Crippen molar-refractivity contribution < 1.29 is 80.2 Å². The van der Waals surface area contributed by atoms with Gasteiger partial charge < -0.3 is 33.8 Å². The van der Waals surface area contributed by atoms with Crippen LogP contribution in [0.4, 0.5) is 0 Å². The lowest BCUT2D eigenvalue weighted by Gasteiger charge is -2.21. The molecule has 109 heavy (non-hydrogen) atoms. The van der Waals surface area contributed by atoms with Gasteiger partial charge in [0.05, 0.1) is 26.4 Å². The van der Waals surface area contributed by atoms with Crippen molar-refractivity contribution in [2.24, 2.45) is 5.92 Å². The Hall–Kier alpha value is -1.94. The number of carbonyl (C=O) groups excluding carboxylic acids is 4. The Balaban J connectivity index is 5.23. The van der Waals surface area contributed by atoms with E-state index >= 15 is 0 Å². The van der Waals surface area contributed by atoms with Gasteiger partial charge in [0.1, 0.15) is 19.3 Å². The van der Waals surface area contributed by atoms with Crippen molar-refractivity contribution in [2.75, 3.05) is 39.6 Å². The van der Waals surface area contributed by atoms with Crippen LogP contribution in [0.3, 0.4) is 0 Å². The van der Waals surface area contributed by atoms with Gasteiger partial charge in [0.2, 0.25) is 0 Å². The SMILES string of the molecule is CCCCCCCCCCCCCCCCCCCCCCCCC(=O)O[C@H](COC(=O)CCCCCCCCCCCCCCCCCCCCCCC)COP(=O)(O)OC[C@@H](O)COP(=O)(O)OC[C@@H](COC(=O)CCCCCCCCCCC(C)CC)OC(=O)CCCCCCCCCCCCCCCC. The number of esters is 4. The maximum absolute atomic E-state index is 13.2. The lowest BCUT2D eigenvalue weighted by Crippen LogP contribution is -2.30. The first-order chi connectivity index (χ1) is 53.1. The minimum Gasteiger partial charge on any atom is -0.462 e. The predicted molar refractivity (Wildman–Crippen MR) is 451 cm³/mol. The Morgan fingerprint density at radius 1 is 0.257 bits per heavy atom. The molecule has 0 aliphatic rings. The molecule has 0 radical (unpaired) electrons. The molecule has 0 aliphatic heterocycles. The summed E-state index contributed by atoms with van der Waals surface area (Å²) in [7, 11) is -9.93. The van der Waals surface area contributed by atoms with E-state index in [0.717, 1.165) is 95.8 Å². The zero-order chi connectivity index (χ0) is 79.7. The van der Waals surface area contributed by atoms with Crippen LogP contribution in [0, 0.1) is 5.92 Å². The van der Waals surface area contributed by atoms with E-state index in [9.17, 15) is 43.2 Å². The van der Waals surface area contributed by atoms with Gasteiger partial charge in [0.25, 0.3) is 0 Å². The van der Waals surface area contributed by atoms with Crippen LogP contribution in [-0.2, 0) is 65.4 Å². The Morgan fingerprint density at radius 2 is 0.440 bits per heavy atom. The van der Waals surface area contributed by atoms with Crippen molar-refractivity contribution >= 4 is 39.5 Å². The summed E-state index contributed by atoms with van der Waals surface area (Å²) in [5, 5.41) is 10.7. The average molecular weight is 1590 g/mol. The predicted octanol–water partition coefficient (Wildman–Crippen LogP) is 27.9. The van der Waals surface area contributed by atoms with E-state index in [4.69, 9.17) is 37.0 Å². The summed E-state index contributed by atoms with van der Waals surface area (Å²) in [6.45, 7) is 7.39. The van der Waals surface area contributed by atoms with Gasteiger partial charge in [-0.1, -0.05) is 439 Å². The molecule has 0 aromatic heterocycles. The lowest BCUT2D eigenvalue weighted by atomic mass is 9.99. The summed E-state index contributed by atoms with van der Waals surface area (Å²) in [5.41, 5.74) is 0. The molecule has 0 bridgehead atoms. The standard InChI is InChI=1S/C90H176O17P2/c1-6-10-13-16-19-22-25-28-31-33-35-37-39-41-43-45-48-51-54-61-66-71-76-90(95)106-85(79-100-87(92)73-68-63-58-52-49-47-44-42-40-38-36-34-32-29-26-23-20-17-14-11-7-2)81-104-108(96,97)102-77-84(91)78-103-109(98,99)105-82-86(80-101-88(93)74-69-64-59-56-55-57-62-67-72-83(5)9-4)107-89(94)75-70-65-60-53-50-46-30-27-24-21-18-15-12-8-3/h83-86,91H,6-82H2,1-5H3,(H,96,97)(H,98,99)/t83?,84-,85-,86-/m1/s1. The summed E-state index contributed by atoms with van der Waals surface area (Å²) in [6, 6.07) is 0. The Bertz CT molecular complexity index is 2070. The third-order valence-corrected chi connectivity index (χ3v) is 23.5. The van der Waals surface area contributed by atoms with Crippen LogP contribution < -0.4 is 0 Å². The third-order valence-electron chi connectivity index (χ3n) is 21.6. The first kappa shape index (κ1) is 107. The molecule has 0 saturated carbocycles. The quantitative estimate of drug-likeness (QED) is 0.0222. The number of hydrogen-bond donors (Lipinski definition) is 3. The van der Waals surface area contributed by atoms with E-state index < -0.39 is 97.5 Å². The molecule has 648 valence electrons. The van der Waals surface area contributed by atoms with Crippen molar-refractivity contribution in [1.29, 1.82) is 0 Å². The maximum Gasteiger partial charge on any atom is 0.472 e. The lowest BCUT2D eigenvalue weighted by molar-refractivity contribution is -0.161. The van der Waals surface area contributed by atoms with Crippen LogP contribution in [0.15, 0.2) is 0 Å². The molecule has 0 fully saturated rings. The molecule has 0 saturated heterocycles. The van der Waals surface area contributed by atoms with Crippen molar-refractivity contribution in [3.63, 3.8) is 0 Å². The van der Waals surface area contributed by atoms with E-state index in [1.165, 1.54) is 315 Å². The van der Waals surface area contributed by atoms with E-state index in [1.54, 1.807) is 0 Å². The maximum atomic E-state index is 13.2. The van der Waals surface area contributed by atoms with Gasteiger partial charge in [0, 0.05) is 25.7 Å². The molecule has 0 aromatic rings. The summed E-state index contributed by atoms with van der Waals surface area (Å²) < 4.78 is 69.0. The first-order valence-electron chi connectivity index (χ1n) is 46.7. The molecule has 0 amide bonds. The summed E-state index contributed by atoms with van der Waals surface area (Å²) in [4.78, 5) is 73.4. The van der Waals surface area contributed by atoms with Crippen molar-refractivity contribution in [3.8, 4) is 0 Å². The van der Waals surface area contributed by atoms with Crippen LogP contribution in [-0.4, -0.2) is 96.7 Å². The fourth-order valence-electron chi connectivity index (χ4n) is 14.1. The number of unbranched alkanes of at least 4 members (excludes halogenated alkanes) is 61. The van der Waals surface area contributed by atoms with Gasteiger partial charge in [-0.3, -0.25) is 37.3 Å². The molecule has 19 heteroatoms. The van der Waals surface area contributed by atoms with Gasteiger partial charge in [-0.25, -0.2) is 9.13 Å². The number of phosphoric acid groups is 2. The van der Waals surface area contributed by atoms with Crippen LogP contribution in [0.1, 0.15) is 490 Å². The number of aliphatic hydroxyl groups excluding tert-OH is 1. The molecular weight excluding hydrogens is 1410 g/mol. The van der Waals surface area contributed by atoms with Gasteiger partial charge >= 0.3 is 39.5 Å². The molecule has 3 N–H and O–H groups in total. The van der Waals surface area contributed by atoms with Crippen molar-refractivity contribution in [2.45, 2.75) is 509 Å². The van der Waals surface area contributed by atoms with Crippen LogP contribution in [0.5, 0.6) is 0 Å². The van der Waals surface area contributed by atoms with Gasteiger partial charge in [-0.15, -0.1) is 0 Å². The highest BCUT2D eigenvalue weighted by molar-refractivity contribution is 7.47. The van der Waals surface area contributed by atoms with Gasteiger partial charge in [-0.2, -0.15) is 0 Å². The molecule has 0 spiro atoms. The minimum absolute atomic E-state index is 0.108. The molecule has 0 aliphatic carbocycles. The average Bonchev–Trinajstić information content (AvgIpc) is 0.904. The highest BCUT2D eigenvalue weighted by atomic mass is 31.2. The van der Waals surface area contributed by atoms with Crippen LogP contribution in [0.25, 0.3) is 0 Å². The zero-order valence-corrected chi connectivity index (χ0v) is 73.5. The Labute approximate surface area is 670 Å². The zero-order valence-electron chi connectivity index (χ0n) is 71.7. The summed E-state index contributed by atoms with van der Waals surface area (Å²) in [5.74, 6) is -1.32. The monoisotopic (exact) mass is 1590 g/mol. The Kier molecular flexibility index (Phi) is 81.1. The first-order valence-corrected chi connectivity index (χ1v) is 49.7. The van der Waals surface area contributed by atoms with Gasteiger partial charge in [-0.05, 0) is 31.6 Å². The number of hydrogen-bond acceptors (Lipinski definition) is 15. The smallest absolute Gasteiger partial charge is 0.462 e.